The molecule has 1 aliphatic rings. The second-order valence-corrected chi connectivity index (χ2v) is 4.98. The van der Waals surface area contributed by atoms with Crippen LogP contribution >= 0.6 is 0 Å². The average molecular weight is 197 g/mol. The number of ketones is 1. The minimum atomic E-state index is 0.201. The number of carbonyl (C=O) groups is 1. The van der Waals surface area contributed by atoms with Gasteiger partial charge in [-0.15, -0.1) is 0 Å². The van der Waals surface area contributed by atoms with Crippen molar-refractivity contribution >= 4 is 5.78 Å². The number of rotatable bonds is 3. The molecule has 0 saturated carbocycles. The van der Waals surface area contributed by atoms with Gasteiger partial charge in [0.2, 0.25) is 0 Å². The quantitative estimate of drug-likeness (QED) is 0.692. The van der Waals surface area contributed by atoms with E-state index in [1.54, 1.807) is 0 Å². The van der Waals surface area contributed by atoms with Gasteiger partial charge in [0, 0.05) is 24.4 Å². The largest absolute Gasteiger partial charge is 0.300 e. The molecule has 1 fully saturated rings. The van der Waals surface area contributed by atoms with Crippen molar-refractivity contribution in [2.75, 3.05) is 13.1 Å². The minimum Gasteiger partial charge on any atom is -0.300 e. The van der Waals surface area contributed by atoms with Crippen molar-refractivity contribution in [3.63, 3.8) is 0 Å². The van der Waals surface area contributed by atoms with Gasteiger partial charge in [-0.1, -0.05) is 13.8 Å². The van der Waals surface area contributed by atoms with Crippen LogP contribution in [0.15, 0.2) is 0 Å². The van der Waals surface area contributed by atoms with Crippen molar-refractivity contribution in [3.05, 3.63) is 0 Å². The Bertz CT molecular complexity index is 198. The molecule has 1 aliphatic heterocycles. The standard InChI is InChI=1S/C12H23NO/c1-9(2)12(14)11-6-5-7-13(8-11)10(3)4/h9-11H,5-8H2,1-4H3/t11-/m1/s1. The topological polar surface area (TPSA) is 20.3 Å². The van der Waals surface area contributed by atoms with Crippen molar-refractivity contribution in [2.24, 2.45) is 11.8 Å². The van der Waals surface area contributed by atoms with E-state index in [1.165, 1.54) is 13.0 Å². The Morgan fingerprint density at radius 1 is 1.29 bits per heavy atom. The third kappa shape index (κ3) is 2.81. The third-order valence-electron chi connectivity index (χ3n) is 3.15. The lowest BCUT2D eigenvalue weighted by Gasteiger charge is -2.35. The maximum Gasteiger partial charge on any atom is 0.139 e. The molecular weight excluding hydrogens is 174 g/mol. The smallest absolute Gasteiger partial charge is 0.139 e. The van der Waals surface area contributed by atoms with Gasteiger partial charge < -0.3 is 4.90 Å². The van der Waals surface area contributed by atoms with Crippen molar-refractivity contribution < 1.29 is 4.79 Å². The van der Waals surface area contributed by atoms with Crippen molar-refractivity contribution in [3.8, 4) is 0 Å². The number of likely N-dealkylation sites (tertiary alicyclic amines) is 1. The van der Waals surface area contributed by atoms with Gasteiger partial charge in [0.05, 0.1) is 0 Å². The van der Waals surface area contributed by atoms with Crippen LogP contribution in [0.25, 0.3) is 0 Å². The summed E-state index contributed by atoms with van der Waals surface area (Å²) >= 11 is 0. The van der Waals surface area contributed by atoms with Gasteiger partial charge in [-0.05, 0) is 33.2 Å². The highest BCUT2D eigenvalue weighted by Crippen LogP contribution is 2.21. The molecule has 0 aromatic carbocycles. The second kappa shape index (κ2) is 4.92. The van der Waals surface area contributed by atoms with Crippen molar-refractivity contribution in [2.45, 2.75) is 46.6 Å². The zero-order chi connectivity index (χ0) is 10.7. The van der Waals surface area contributed by atoms with Crippen LogP contribution < -0.4 is 0 Å². The number of nitrogens with zero attached hydrogens (tertiary/aromatic N) is 1. The summed E-state index contributed by atoms with van der Waals surface area (Å²) in [6.07, 6.45) is 2.28. The van der Waals surface area contributed by atoms with Gasteiger partial charge in [0.15, 0.2) is 0 Å². The van der Waals surface area contributed by atoms with Crippen LogP contribution in [-0.2, 0) is 4.79 Å². The lowest BCUT2D eigenvalue weighted by atomic mass is 9.88. The summed E-state index contributed by atoms with van der Waals surface area (Å²) < 4.78 is 0. The second-order valence-electron chi connectivity index (χ2n) is 4.98. The Hall–Kier alpha value is -0.370. The van der Waals surface area contributed by atoms with E-state index in [0.717, 1.165) is 13.0 Å². The molecule has 0 radical (unpaired) electrons. The lowest BCUT2D eigenvalue weighted by molar-refractivity contribution is -0.127. The Kier molecular flexibility index (Phi) is 4.11. The summed E-state index contributed by atoms with van der Waals surface area (Å²) in [7, 11) is 0. The Morgan fingerprint density at radius 3 is 2.43 bits per heavy atom. The normalized spacial score (nSPS) is 24.6. The summed E-state index contributed by atoms with van der Waals surface area (Å²) in [4.78, 5) is 14.3. The highest BCUT2D eigenvalue weighted by Gasteiger charge is 2.27. The maximum absolute atomic E-state index is 11.8. The highest BCUT2D eigenvalue weighted by molar-refractivity contribution is 5.83. The third-order valence-corrected chi connectivity index (χ3v) is 3.15. The molecule has 0 unspecified atom stereocenters. The summed E-state index contributed by atoms with van der Waals surface area (Å²) in [5.74, 6) is 0.952. The van der Waals surface area contributed by atoms with Crippen molar-refractivity contribution in [1.29, 1.82) is 0 Å². The van der Waals surface area contributed by atoms with E-state index in [1.807, 2.05) is 13.8 Å². The summed E-state index contributed by atoms with van der Waals surface area (Å²) in [5.41, 5.74) is 0. The number of carbonyl (C=O) groups excluding carboxylic acids is 1. The van der Waals surface area contributed by atoms with E-state index in [4.69, 9.17) is 0 Å². The molecule has 0 aromatic heterocycles. The van der Waals surface area contributed by atoms with Crippen LogP contribution in [0.3, 0.4) is 0 Å². The Balaban J connectivity index is 2.51. The number of Topliss-reactive ketones (excluding diaryl/α,β-unsaturated/α-hetero) is 1. The zero-order valence-corrected chi connectivity index (χ0v) is 9.92. The summed E-state index contributed by atoms with van der Waals surface area (Å²) in [5, 5.41) is 0. The predicted octanol–water partition coefficient (Wildman–Crippen LogP) is 2.33. The van der Waals surface area contributed by atoms with Crippen LogP contribution in [0.5, 0.6) is 0 Å². The van der Waals surface area contributed by atoms with E-state index < -0.39 is 0 Å². The molecule has 2 heteroatoms. The molecule has 0 bridgehead atoms. The van der Waals surface area contributed by atoms with E-state index in [0.29, 0.717) is 17.7 Å². The lowest BCUT2D eigenvalue weighted by Crippen LogP contribution is -2.43. The van der Waals surface area contributed by atoms with Crippen molar-refractivity contribution in [1.82, 2.24) is 4.90 Å². The molecular formula is C12H23NO. The van der Waals surface area contributed by atoms with E-state index in [2.05, 4.69) is 18.7 Å². The first kappa shape index (κ1) is 11.7. The maximum atomic E-state index is 11.8. The van der Waals surface area contributed by atoms with Gasteiger partial charge >= 0.3 is 0 Å². The van der Waals surface area contributed by atoms with E-state index in [9.17, 15) is 4.79 Å². The van der Waals surface area contributed by atoms with E-state index >= 15 is 0 Å². The molecule has 0 N–H and O–H groups in total. The Labute approximate surface area is 87.7 Å². The van der Waals surface area contributed by atoms with Gasteiger partial charge in [-0.3, -0.25) is 4.79 Å². The molecule has 1 saturated heterocycles. The number of hydrogen-bond donors (Lipinski definition) is 0. The molecule has 0 amide bonds. The summed E-state index contributed by atoms with van der Waals surface area (Å²) in [6, 6.07) is 0.581. The predicted molar refractivity (Wildman–Crippen MR) is 59.3 cm³/mol. The first-order valence-electron chi connectivity index (χ1n) is 5.80. The molecule has 82 valence electrons. The first-order valence-corrected chi connectivity index (χ1v) is 5.80. The van der Waals surface area contributed by atoms with Crippen LogP contribution in [0.2, 0.25) is 0 Å². The molecule has 0 aliphatic carbocycles. The van der Waals surface area contributed by atoms with Gasteiger partial charge in [-0.2, -0.15) is 0 Å². The number of hydrogen-bond acceptors (Lipinski definition) is 2. The fourth-order valence-corrected chi connectivity index (χ4v) is 2.18. The minimum absolute atomic E-state index is 0.201. The van der Waals surface area contributed by atoms with Gasteiger partial charge in [0.25, 0.3) is 0 Å². The molecule has 1 atom stereocenters. The molecule has 1 rings (SSSR count). The van der Waals surface area contributed by atoms with E-state index in [-0.39, 0.29) is 5.92 Å². The summed E-state index contributed by atoms with van der Waals surface area (Å²) in [6.45, 7) is 10.6. The van der Waals surface area contributed by atoms with Gasteiger partial charge in [0.1, 0.15) is 5.78 Å². The van der Waals surface area contributed by atoms with Crippen LogP contribution in [0, 0.1) is 11.8 Å². The highest BCUT2D eigenvalue weighted by atomic mass is 16.1. The monoisotopic (exact) mass is 197 g/mol. The molecule has 0 spiro atoms. The number of piperidine rings is 1. The fourth-order valence-electron chi connectivity index (χ4n) is 2.18. The van der Waals surface area contributed by atoms with Gasteiger partial charge in [-0.25, -0.2) is 0 Å². The Morgan fingerprint density at radius 2 is 1.93 bits per heavy atom. The van der Waals surface area contributed by atoms with Crippen LogP contribution in [-0.4, -0.2) is 29.8 Å². The zero-order valence-electron chi connectivity index (χ0n) is 9.92. The van der Waals surface area contributed by atoms with Crippen LogP contribution in [0.1, 0.15) is 40.5 Å². The average Bonchev–Trinajstić information content (AvgIpc) is 2.16. The molecule has 14 heavy (non-hydrogen) atoms. The molecule has 2 nitrogen and oxygen atoms in total. The molecule has 0 aromatic rings. The molecule has 1 heterocycles. The van der Waals surface area contributed by atoms with Crippen LogP contribution in [0.4, 0.5) is 0 Å². The SMILES string of the molecule is CC(C)C(=O)[C@@H]1CCCN(C(C)C)C1. The first-order chi connectivity index (χ1) is 6.52. The fraction of sp³-hybridized carbons (Fsp3) is 0.917.